The summed E-state index contributed by atoms with van der Waals surface area (Å²) in [7, 11) is 0. The lowest BCUT2D eigenvalue weighted by molar-refractivity contribution is 0.540. The second-order valence-corrected chi connectivity index (χ2v) is 4.51. The minimum atomic E-state index is -0.000139. The number of hydrogen-bond donors (Lipinski definition) is 1. The lowest BCUT2D eigenvalue weighted by atomic mass is 9.92. The Labute approximate surface area is 101 Å². The van der Waals surface area contributed by atoms with Crippen molar-refractivity contribution in [1.82, 2.24) is 9.97 Å². The maximum absolute atomic E-state index is 6.34. The Bertz CT molecular complexity index is 510. The van der Waals surface area contributed by atoms with E-state index in [1.807, 2.05) is 30.6 Å². The van der Waals surface area contributed by atoms with Crippen LogP contribution in [0.2, 0.25) is 0 Å². The van der Waals surface area contributed by atoms with Gasteiger partial charge in [-0.25, -0.2) is 0 Å². The molecule has 1 aliphatic carbocycles. The van der Waals surface area contributed by atoms with Gasteiger partial charge in [0.15, 0.2) is 0 Å². The minimum Gasteiger partial charge on any atom is -0.323 e. The number of aromatic nitrogens is 2. The highest BCUT2D eigenvalue weighted by atomic mass is 14.8. The minimum absolute atomic E-state index is 0.000139. The zero-order chi connectivity index (χ0) is 11.7. The molecule has 0 spiro atoms. The first-order chi connectivity index (χ1) is 8.36. The van der Waals surface area contributed by atoms with Gasteiger partial charge in [0.2, 0.25) is 0 Å². The Balaban J connectivity index is 1.92. The van der Waals surface area contributed by atoms with E-state index in [4.69, 9.17) is 5.73 Å². The molecular weight excluding hydrogens is 210 g/mol. The monoisotopic (exact) mass is 225 g/mol. The topological polar surface area (TPSA) is 51.8 Å². The summed E-state index contributed by atoms with van der Waals surface area (Å²) in [5, 5.41) is 0. The van der Waals surface area contributed by atoms with Crippen LogP contribution in [0, 0.1) is 0 Å². The predicted octanol–water partition coefficient (Wildman–Crippen LogP) is 2.21. The number of rotatable bonds is 2. The molecule has 0 aromatic carbocycles. The normalized spacial score (nSPS) is 19.9. The average molecular weight is 225 g/mol. The van der Waals surface area contributed by atoms with Gasteiger partial charge in [-0.1, -0.05) is 12.1 Å². The smallest absolute Gasteiger partial charge is 0.0485 e. The van der Waals surface area contributed by atoms with Crippen molar-refractivity contribution in [3.63, 3.8) is 0 Å². The summed E-state index contributed by atoms with van der Waals surface area (Å²) in [6.45, 7) is 0. The van der Waals surface area contributed by atoms with Gasteiger partial charge in [-0.05, 0) is 36.1 Å². The molecule has 0 saturated heterocycles. The van der Waals surface area contributed by atoms with Crippen LogP contribution >= 0.6 is 0 Å². The van der Waals surface area contributed by atoms with E-state index >= 15 is 0 Å². The van der Waals surface area contributed by atoms with E-state index in [0.29, 0.717) is 5.92 Å². The zero-order valence-electron chi connectivity index (χ0n) is 9.58. The molecule has 17 heavy (non-hydrogen) atoms. The molecule has 0 saturated carbocycles. The van der Waals surface area contributed by atoms with Crippen LogP contribution in [0.5, 0.6) is 0 Å². The summed E-state index contributed by atoms with van der Waals surface area (Å²) in [4.78, 5) is 8.62. The molecule has 86 valence electrons. The third kappa shape index (κ3) is 1.83. The first-order valence-electron chi connectivity index (χ1n) is 5.95. The van der Waals surface area contributed by atoms with Gasteiger partial charge in [0.25, 0.3) is 0 Å². The molecule has 2 N–H and O–H groups in total. The zero-order valence-corrected chi connectivity index (χ0v) is 9.58. The van der Waals surface area contributed by atoms with Crippen LogP contribution in [0.25, 0.3) is 0 Å². The van der Waals surface area contributed by atoms with Crippen molar-refractivity contribution in [3.8, 4) is 0 Å². The number of hydrogen-bond acceptors (Lipinski definition) is 3. The van der Waals surface area contributed by atoms with Gasteiger partial charge < -0.3 is 5.73 Å². The molecule has 0 radical (unpaired) electrons. The van der Waals surface area contributed by atoms with Gasteiger partial charge in [0, 0.05) is 36.2 Å². The number of nitrogens with two attached hydrogens (primary N) is 1. The lowest BCUT2D eigenvalue weighted by Gasteiger charge is -2.19. The van der Waals surface area contributed by atoms with Crippen LogP contribution in [0.15, 0.2) is 42.9 Å². The van der Waals surface area contributed by atoms with Gasteiger partial charge in [0.05, 0.1) is 0 Å². The molecule has 3 nitrogen and oxygen atoms in total. The molecule has 2 heterocycles. The van der Waals surface area contributed by atoms with E-state index in [9.17, 15) is 0 Å². The number of aryl methyl sites for hydroxylation is 1. The molecule has 2 aromatic rings. The van der Waals surface area contributed by atoms with E-state index < -0.39 is 0 Å². The van der Waals surface area contributed by atoms with E-state index in [2.05, 4.69) is 16.0 Å². The first-order valence-corrected chi connectivity index (χ1v) is 5.95. The molecule has 3 rings (SSSR count). The molecule has 2 atom stereocenters. The van der Waals surface area contributed by atoms with Crippen LogP contribution in [-0.4, -0.2) is 9.97 Å². The Morgan fingerprint density at radius 3 is 2.94 bits per heavy atom. The summed E-state index contributed by atoms with van der Waals surface area (Å²) < 4.78 is 0. The van der Waals surface area contributed by atoms with Crippen molar-refractivity contribution >= 4 is 0 Å². The maximum atomic E-state index is 6.34. The Hall–Kier alpha value is -1.74. The SMILES string of the molecule is NC(c1cccnc1)C1CCc2cccnc21. The van der Waals surface area contributed by atoms with E-state index in [0.717, 1.165) is 18.4 Å². The molecule has 1 aliphatic rings. The van der Waals surface area contributed by atoms with Crippen molar-refractivity contribution in [1.29, 1.82) is 0 Å². The molecule has 3 heteroatoms. The van der Waals surface area contributed by atoms with Crippen LogP contribution in [-0.2, 0) is 6.42 Å². The fraction of sp³-hybridized carbons (Fsp3) is 0.286. The summed E-state index contributed by atoms with van der Waals surface area (Å²) in [6, 6.07) is 8.12. The third-order valence-electron chi connectivity index (χ3n) is 3.50. The molecule has 0 fully saturated rings. The Morgan fingerprint density at radius 2 is 2.12 bits per heavy atom. The Kier molecular flexibility index (Phi) is 2.61. The standard InChI is InChI=1S/C14H15N3/c15-13(11-4-1-7-16-9-11)12-6-5-10-3-2-8-17-14(10)12/h1-4,7-9,12-13H,5-6,15H2. The van der Waals surface area contributed by atoms with E-state index in [1.54, 1.807) is 6.20 Å². The quantitative estimate of drug-likeness (QED) is 0.852. The second-order valence-electron chi connectivity index (χ2n) is 4.51. The van der Waals surface area contributed by atoms with Crippen molar-refractivity contribution in [3.05, 3.63) is 59.7 Å². The molecule has 0 amide bonds. The highest BCUT2D eigenvalue weighted by molar-refractivity contribution is 5.32. The second kappa shape index (κ2) is 4.26. The fourth-order valence-electron chi connectivity index (χ4n) is 2.60. The fourth-order valence-corrected chi connectivity index (χ4v) is 2.60. The molecule has 0 bridgehead atoms. The first kappa shape index (κ1) is 10.4. The highest BCUT2D eigenvalue weighted by Crippen LogP contribution is 2.38. The van der Waals surface area contributed by atoms with Gasteiger partial charge in [0.1, 0.15) is 0 Å². The molecular formula is C14H15N3. The molecule has 2 unspecified atom stereocenters. The van der Waals surface area contributed by atoms with Crippen molar-refractivity contribution in [2.45, 2.75) is 24.8 Å². The predicted molar refractivity (Wildman–Crippen MR) is 66.5 cm³/mol. The van der Waals surface area contributed by atoms with Gasteiger partial charge >= 0.3 is 0 Å². The van der Waals surface area contributed by atoms with Crippen LogP contribution in [0.3, 0.4) is 0 Å². The van der Waals surface area contributed by atoms with Crippen molar-refractivity contribution in [2.24, 2.45) is 5.73 Å². The number of fused-ring (bicyclic) bond motifs is 1. The third-order valence-corrected chi connectivity index (χ3v) is 3.50. The molecule has 0 aliphatic heterocycles. The molecule has 2 aromatic heterocycles. The average Bonchev–Trinajstić information content (AvgIpc) is 2.83. The summed E-state index contributed by atoms with van der Waals surface area (Å²) >= 11 is 0. The highest BCUT2D eigenvalue weighted by Gasteiger charge is 2.29. The summed E-state index contributed by atoms with van der Waals surface area (Å²) in [6.07, 6.45) is 7.65. The summed E-state index contributed by atoms with van der Waals surface area (Å²) in [5.41, 5.74) is 9.94. The van der Waals surface area contributed by atoms with Crippen molar-refractivity contribution in [2.75, 3.05) is 0 Å². The lowest BCUT2D eigenvalue weighted by Crippen LogP contribution is -2.19. The summed E-state index contributed by atoms with van der Waals surface area (Å²) in [5.74, 6) is 0.329. The van der Waals surface area contributed by atoms with Gasteiger partial charge in [-0.3, -0.25) is 9.97 Å². The number of pyridine rings is 2. The number of nitrogens with zero attached hydrogens (tertiary/aromatic N) is 2. The van der Waals surface area contributed by atoms with Crippen LogP contribution in [0.1, 0.15) is 35.2 Å². The Morgan fingerprint density at radius 1 is 1.24 bits per heavy atom. The van der Waals surface area contributed by atoms with E-state index in [1.165, 1.54) is 11.3 Å². The van der Waals surface area contributed by atoms with E-state index in [-0.39, 0.29) is 6.04 Å². The van der Waals surface area contributed by atoms with Gasteiger partial charge in [-0.2, -0.15) is 0 Å². The van der Waals surface area contributed by atoms with Crippen molar-refractivity contribution < 1.29 is 0 Å². The largest absolute Gasteiger partial charge is 0.323 e. The van der Waals surface area contributed by atoms with Crippen LogP contribution < -0.4 is 5.73 Å². The van der Waals surface area contributed by atoms with Gasteiger partial charge in [-0.15, -0.1) is 0 Å². The maximum Gasteiger partial charge on any atom is 0.0485 e. The van der Waals surface area contributed by atoms with Crippen LogP contribution in [0.4, 0.5) is 0 Å².